The Kier molecular flexibility index (Phi) is 2.60. The highest BCUT2D eigenvalue weighted by atomic mass is 16.6. The normalized spacial score (nSPS) is 12.1. The van der Waals surface area contributed by atoms with Crippen LogP contribution in [-0.4, -0.2) is 18.5 Å². The molecule has 10 heavy (non-hydrogen) atoms. The highest BCUT2D eigenvalue weighted by Gasteiger charge is 2.14. The second kappa shape index (κ2) is 3.00. The first-order valence-corrected chi connectivity index (χ1v) is 2.63. The first-order chi connectivity index (χ1) is 4.46. The molecule has 0 aliphatic carbocycles. The molecule has 3 N–H and O–H groups in total. The zero-order valence-electron chi connectivity index (χ0n) is 5.84. The molecule has 54 valence electrons. The van der Waals surface area contributed by atoms with Crippen molar-refractivity contribution in [2.45, 2.75) is 6.92 Å². The summed E-state index contributed by atoms with van der Waals surface area (Å²) in [4.78, 5) is 9.45. The van der Waals surface area contributed by atoms with Crippen molar-refractivity contribution in [3.05, 3.63) is 21.4 Å². The number of hydrogen-bond acceptors (Lipinski definition) is 4. The smallest absolute Gasteiger partial charge is 0.297 e. The summed E-state index contributed by atoms with van der Waals surface area (Å²) in [5, 5.41) is 17.0. The van der Waals surface area contributed by atoms with Gasteiger partial charge in [-0.25, -0.2) is 0 Å². The van der Waals surface area contributed by atoms with Crippen LogP contribution < -0.4 is 5.73 Å². The summed E-state index contributed by atoms with van der Waals surface area (Å²) in [6.07, 6.45) is 0. The van der Waals surface area contributed by atoms with Crippen LogP contribution in [0.3, 0.4) is 0 Å². The first kappa shape index (κ1) is 8.67. The van der Waals surface area contributed by atoms with Crippen molar-refractivity contribution >= 4 is 13.6 Å². The largest absolute Gasteiger partial charge is 0.405 e. The molecule has 0 spiro atoms. The lowest BCUT2D eigenvalue weighted by molar-refractivity contribution is -0.415. The Labute approximate surface area is 59.0 Å². The molecule has 0 rings (SSSR count). The van der Waals surface area contributed by atoms with Gasteiger partial charge in [-0.05, 0) is 6.92 Å². The molecule has 0 aromatic heterocycles. The fraction of sp³-hybridized carbons (Fsp3) is 0.250. The van der Waals surface area contributed by atoms with Crippen LogP contribution in [0.1, 0.15) is 6.92 Å². The molecule has 0 aromatic rings. The first-order valence-electron chi connectivity index (χ1n) is 2.63. The maximum Gasteiger partial charge on any atom is 0.297 e. The maximum atomic E-state index is 10.1. The van der Waals surface area contributed by atoms with Gasteiger partial charge in [0.05, 0.1) is 4.92 Å². The lowest BCUT2D eigenvalue weighted by Crippen LogP contribution is -2.15. The van der Waals surface area contributed by atoms with E-state index in [-0.39, 0.29) is 17.0 Å². The Bertz CT molecular complexity index is 191. The van der Waals surface area contributed by atoms with Crippen LogP contribution in [0.4, 0.5) is 0 Å². The lowest BCUT2D eigenvalue weighted by Gasteiger charge is -1.95. The molecule has 0 aliphatic rings. The van der Waals surface area contributed by atoms with Crippen molar-refractivity contribution in [2.24, 2.45) is 5.73 Å². The number of nitrogens with one attached hydrogen (secondary N) is 1. The van der Waals surface area contributed by atoms with E-state index < -0.39 is 4.92 Å². The van der Waals surface area contributed by atoms with E-state index in [0.717, 1.165) is 0 Å². The van der Waals surface area contributed by atoms with Gasteiger partial charge in [0.15, 0.2) is 7.85 Å². The van der Waals surface area contributed by atoms with Gasteiger partial charge >= 0.3 is 0 Å². The van der Waals surface area contributed by atoms with Gasteiger partial charge in [0.25, 0.3) is 5.70 Å². The number of nitro groups is 1. The summed E-state index contributed by atoms with van der Waals surface area (Å²) in [6, 6.07) is 0. The molecule has 0 atom stereocenters. The van der Waals surface area contributed by atoms with Crippen LogP contribution in [0.15, 0.2) is 11.3 Å². The standard InChI is InChI=1S/C4H8BN3O2/c1-2(6)3(4(5)7)8(9)10/h6H,5,7H2,1H3/b4-3+,6-2?. The summed E-state index contributed by atoms with van der Waals surface area (Å²) in [6.45, 7) is 1.33. The Morgan fingerprint density at radius 2 is 2.20 bits per heavy atom. The predicted octanol–water partition coefficient (Wildman–Crippen LogP) is -0.936. The summed E-state index contributed by atoms with van der Waals surface area (Å²) >= 11 is 0. The number of nitrogens with zero attached hydrogens (tertiary/aromatic N) is 1. The van der Waals surface area contributed by atoms with Crippen LogP contribution >= 0.6 is 0 Å². The molecule has 0 aromatic carbocycles. The number of allylic oxidation sites excluding steroid dienone is 1. The summed E-state index contributed by atoms with van der Waals surface area (Å²) in [5.41, 5.74) is 4.78. The minimum Gasteiger partial charge on any atom is -0.405 e. The highest BCUT2D eigenvalue weighted by molar-refractivity contribution is 6.23. The van der Waals surface area contributed by atoms with Crippen LogP contribution in [0.5, 0.6) is 0 Å². The third-order valence-corrected chi connectivity index (χ3v) is 0.911. The molecule has 0 saturated carbocycles. The minimum absolute atomic E-state index is 0.0671. The SMILES string of the molecule is B/C(N)=C(/C(C)=N)[N+](=O)[O-]. The van der Waals surface area contributed by atoms with Crippen molar-refractivity contribution in [3.8, 4) is 0 Å². The van der Waals surface area contributed by atoms with Crippen LogP contribution in [0.25, 0.3) is 0 Å². The van der Waals surface area contributed by atoms with Gasteiger partial charge in [0.1, 0.15) is 5.71 Å². The molecular weight excluding hydrogens is 133 g/mol. The van der Waals surface area contributed by atoms with Gasteiger partial charge in [-0.3, -0.25) is 15.5 Å². The molecule has 6 heteroatoms. The molecule has 0 heterocycles. The zero-order chi connectivity index (χ0) is 8.31. The second-order valence-electron chi connectivity index (χ2n) is 1.91. The minimum atomic E-state index is -0.655. The van der Waals surface area contributed by atoms with Crippen molar-refractivity contribution in [3.63, 3.8) is 0 Å². The molecular formula is C4H8BN3O2. The van der Waals surface area contributed by atoms with Crippen molar-refractivity contribution in [2.75, 3.05) is 0 Å². The van der Waals surface area contributed by atoms with E-state index in [9.17, 15) is 10.1 Å². The number of nitrogens with two attached hydrogens (primary N) is 1. The van der Waals surface area contributed by atoms with E-state index in [1.54, 1.807) is 0 Å². The van der Waals surface area contributed by atoms with E-state index in [2.05, 4.69) is 0 Å². The molecule has 0 bridgehead atoms. The van der Waals surface area contributed by atoms with E-state index in [4.69, 9.17) is 11.1 Å². The molecule has 0 amide bonds. The van der Waals surface area contributed by atoms with E-state index in [1.807, 2.05) is 0 Å². The van der Waals surface area contributed by atoms with E-state index in [1.165, 1.54) is 14.8 Å². The Morgan fingerprint density at radius 1 is 1.80 bits per heavy atom. The predicted molar refractivity (Wildman–Crippen MR) is 40.2 cm³/mol. The van der Waals surface area contributed by atoms with E-state index in [0.29, 0.717) is 0 Å². The summed E-state index contributed by atoms with van der Waals surface area (Å²) in [7, 11) is 1.40. The summed E-state index contributed by atoms with van der Waals surface area (Å²) in [5.74, 6) is 0. The summed E-state index contributed by atoms with van der Waals surface area (Å²) < 4.78 is 0. The number of hydrogen-bond donors (Lipinski definition) is 2. The van der Waals surface area contributed by atoms with Gasteiger partial charge in [-0.1, -0.05) is 0 Å². The third-order valence-electron chi connectivity index (χ3n) is 0.911. The Balaban J connectivity index is 4.79. The quantitative estimate of drug-likeness (QED) is 0.225. The average molecular weight is 141 g/mol. The molecule has 0 aliphatic heterocycles. The van der Waals surface area contributed by atoms with Crippen molar-refractivity contribution in [1.82, 2.24) is 0 Å². The molecule has 0 unspecified atom stereocenters. The van der Waals surface area contributed by atoms with Gasteiger partial charge in [0.2, 0.25) is 0 Å². The second-order valence-corrected chi connectivity index (χ2v) is 1.91. The lowest BCUT2D eigenvalue weighted by atomic mass is 10.0. The average Bonchev–Trinajstić information content (AvgIpc) is 1.59. The fourth-order valence-electron chi connectivity index (χ4n) is 0.577. The van der Waals surface area contributed by atoms with Gasteiger partial charge in [-0.15, -0.1) is 0 Å². The van der Waals surface area contributed by atoms with Crippen LogP contribution in [0, 0.1) is 15.5 Å². The van der Waals surface area contributed by atoms with Gasteiger partial charge in [-0.2, -0.15) is 0 Å². The van der Waals surface area contributed by atoms with E-state index >= 15 is 0 Å². The van der Waals surface area contributed by atoms with Gasteiger partial charge in [0, 0.05) is 5.60 Å². The Hall–Kier alpha value is -1.33. The van der Waals surface area contributed by atoms with Crippen molar-refractivity contribution in [1.29, 1.82) is 5.41 Å². The van der Waals surface area contributed by atoms with Crippen molar-refractivity contribution < 1.29 is 4.92 Å². The maximum absolute atomic E-state index is 10.1. The van der Waals surface area contributed by atoms with Crippen LogP contribution in [-0.2, 0) is 0 Å². The Morgan fingerprint density at radius 3 is 2.20 bits per heavy atom. The van der Waals surface area contributed by atoms with Gasteiger partial charge < -0.3 is 5.73 Å². The molecule has 0 radical (unpaired) electrons. The zero-order valence-corrected chi connectivity index (χ0v) is 5.84. The monoisotopic (exact) mass is 141 g/mol. The molecule has 0 saturated heterocycles. The van der Waals surface area contributed by atoms with Crippen LogP contribution in [0.2, 0.25) is 0 Å². The molecule has 5 nitrogen and oxygen atoms in total. The topological polar surface area (TPSA) is 93.0 Å². The molecule has 0 fully saturated rings. The highest BCUT2D eigenvalue weighted by Crippen LogP contribution is 1.98. The number of rotatable bonds is 2. The third kappa shape index (κ3) is 1.89. The fourth-order valence-corrected chi connectivity index (χ4v) is 0.577.